The number of phenolic OH excluding ortho intramolecular Hbond substituents is 1. The predicted molar refractivity (Wildman–Crippen MR) is 141 cm³/mol. The predicted octanol–water partition coefficient (Wildman–Crippen LogP) is 5.14. The van der Waals surface area contributed by atoms with Gasteiger partial charge < -0.3 is 20.4 Å². The van der Waals surface area contributed by atoms with E-state index in [9.17, 15) is 15.0 Å². The first-order valence-electron chi connectivity index (χ1n) is 13.8. The molecule has 3 N–H and O–H groups in total. The second kappa shape index (κ2) is 9.51. The fourth-order valence-electron chi connectivity index (χ4n) is 8.12. The minimum absolute atomic E-state index is 0.0610. The number of oxime groups is 1. The Hall–Kier alpha value is -2.34. The number of nitrogens with one attached hydrogen (secondary N) is 1. The molecule has 4 aliphatic carbocycles. The van der Waals surface area contributed by atoms with Gasteiger partial charge in [0.2, 0.25) is 0 Å². The molecule has 3 saturated carbocycles. The van der Waals surface area contributed by atoms with Crippen molar-refractivity contribution in [3.05, 3.63) is 41.5 Å². The highest BCUT2D eigenvalue weighted by atomic mass is 16.6. The lowest BCUT2D eigenvalue weighted by molar-refractivity contribution is -0.125. The Labute approximate surface area is 215 Å². The molecule has 0 unspecified atom stereocenters. The van der Waals surface area contributed by atoms with E-state index in [4.69, 9.17) is 4.84 Å². The van der Waals surface area contributed by atoms with Gasteiger partial charge in [0, 0.05) is 6.54 Å². The number of rotatable bonds is 6. The quantitative estimate of drug-likeness (QED) is 0.478. The molecule has 0 spiro atoms. The molecule has 6 nitrogen and oxygen atoms in total. The highest BCUT2D eigenvalue weighted by Gasteiger charge is 2.62. The standard InChI is InChI=1S/C30H42N2O4/c1-28-14-10-22(32-36-19-27(34)31-17-13-20-4-7-23(33)8-5-20)18-21(28)6-9-24-25(28)11-15-29(2)26(24)12-16-30(29,3)35/h4-5,7-8,18,24-26,33,35H,6,9-17,19H2,1-3H3,(H,31,34)/b32-22-/t24-,25-,26+,28+,29+,30+/m1/s1. The van der Waals surface area contributed by atoms with Crippen LogP contribution in [0.4, 0.5) is 0 Å². The van der Waals surface area contributed by atoms with E-state index in [1.807, 2.05) is 12.1 Å². The van der Waals surface area contributed by atoms with Crippen molar-refractivity contribution in [1.29, 1.82) is 0 Å². The van der Waals surface area contributed by atoms with Gasteiger partial charge in [0.1, 0.15) is 5.75 Å². The summed E-state index contributed by atoms with van der Waals surface area (Å²) in [5.74, 6) is 2.09. The van der Waals surface area contributed by atoms with E-state index in [2.05, 4.69) is 37.3 Å². The summed E-state index contributed by atoms with van der Waals surface area (Å²) in [6.07, 6.45) is 11.7. The van der Waals surface area contributed by atoms with Crippen molar-refractivity contribution in [2.24, 2.45) is 33.7 Å². The van der Waals surface area contributed by atoms with Gasteiger partial charge in [-0.2, -0.15) is 0 Å². The van der Waals surface area contributed by atoms with Gasteiger partial charge in [-0.15, -0.1) is 0 Å². The van der Waals surface area contributed by atoms with Crippen molar-refractivity contribution in [2.45, 2.75) is 84.2 Å². The number of phenols is 1. The van der Waals surface area contributed by atoms with Crippen LogP contribution in [0, 0.1) is 28.6 Å². The number of benzene rings is 1. The molecule has 0 heterocycles. The van der Waals surface area contributed by atoms with Crippen molar-refractivity contribution in [1.82, 2.24) is 5.32 Å². The molecule has 0 saturated heterocycles. The molecule has 6 atom stereocenters. The van der Waals surface area contributed by atoms with Gasteiger partial charge in [-0.1, -0.05) is 36.7 Å². The molecule has 0 radical (unpaired) electrons. The summed E-state index contributed by atoms with van der Waals surface area (Å²) in [5, 5.41) is 27.7. The van der Waals surface area contributed by atoms with Gasteiger partial charge in [-0.3, -0.25) is 4.79 Å². The van der Waals surface area contributed by atoms with E-state index >= 15 is 0 Å². The summed E-state index contributed by atoms with van der Waals surface area (Å²) in [6.45, 7) is 7.32. The molecule has 0 aromatic heterocycles. The van der Waals surface area contributed by atoms with Crippen LogP contribution < -0.4 is 5.32 Å². The lowest BCUT2D eigenvalue weighted by atomic mass is 9.46. The number of aliphatic hydroxyl groups is 1. The maximum absolute atomic E-state index is 12.1. The summed E-state index contributed by atoms with van der Waals surface area (Å²) in [4.78, 5) is 17.6. The van der Waals surface area contributed by atoms with E-state index < -0.39 is 5.60 Å². The van der Waals surface area contributed by atoms with Crippen molar-refractivity contribution in [2.75, 3.05) is 13.2 Å². The number of hydrogen-bond acceptors (Lipinski definition) is 5. The lowest BCUT2D eigenvalue weighted by Crippen LogP contribution is -2.53. The topological polar surface area (TPSA) is 91.2 Å². The molecule has 0 bridgehead atoms. The fraction of sp³-hybridized carbons (Fsp3) is 0.667. The fourth-order valence-corrected chi connectivity index (χ4v) is 8.12. The molecule has 1 aromatic carbocycles. The van der Waals surface area contributed by atoms with Crippen LogP contribution in [0.5, 0.6) is 5.75 Å². The third kappa shape index (κ3) is 4.46. The van der Waals surface area contributed by atoms with Gasteiger partial charge >= 0.3 is 0 Å². The molecule has 6 heteroatoms. The summed E-state index contributed by atoms with van der Waals surface area (Å²) in [7, 11) is 0. The Morgan fingerprint density at radius 3 is 2.58 bits per heavy atom. The number of fused-ring (bicyclic) bond motifs is 5. The van der Waals surface area contributed by atoms with Crippen molar-refractivity contribution >= 4 is 11.6 Å². The van der Waals surface area contributed by atoms with Crippen LogP contribution in [0.3, 0.4) is 0 Å². The number of aromatic hydroxyl groups is 1. The maximum Gasteiger partial charge on any atom is 0.260 e. The average molecular weight is 495 g/mol. The highest BCUT2D eigenvalue weighted by Crippen LogP contribution is 2.67. The molecule has 5 rings (SSSR count). The van der Waals surface area contributed by atoms with Crippen LogP contribution in [0.1, 0.15) is 77.7 Å². The maximum atomic E-state index is 12.1. The number of carbonyl (C=O) groups excluding carboxylic acids is 1. The first-order valence-corrected chi connectivity index (χ1v) is 13.8. The second-order valence-corrected chi connectivity index (χ2v) is 12.4. The molecule has 0 aliphatic heterocycles. The monoisotopic (exact) mass is 494 g/mol. The Balaban J connectivity index is 1.15. The van der Waals surface area contributed by atoms with Crippen molar-refractivity contribution < 1.29 is 19.8 Å². The van der Waals surface area contributed by atoms with Gasteiger partial charge in [0.25, 0.3) is 5.91 Å². The smallest absolute Gasteiger partial charge is 0.260 e. The van der Waals surface area contributed by atoms with Crippen LogP contribution in [0.15, 0.2) is 41.1 Å². The summed E-state index contributed by atoms with van der Waals surface area (Å²) in [6, 6.07) is 7.00. The van der Waals surface area contributed by atoms with Gasteiger partial charge in [-0.25, -0.2) is 0 Å². The van der Waals surface area contributed by atoms with E-state index in [0.29, 0.717) is 30.7 Å². The zero-order chi connectivity index (χ0) is 25.6. The summed E-state index contributed by atoms with van der Waals surface area (Å²) in [5.41, 5.74) is 3.25. The average Bonchev–Trinajstić information content (AvgIpc) is 3.09. The largest absolute Gasteiger partial charge is 0.508 e. The van der Waals surface area contributed by atoms with Crippen molar-refractivity contribution in [3.8, 4) is 5.75 Å². The second-order valence-electron chi connectivity index (χ2n) is 12.4. The number of hydrogen-bond donors (Lipinski definition) is 3. The Morgan fingerprint density at radius 1 is 1.06 bits per heavy atom. The summed E-state index contributed by atoms with van der Waals surface area (Å²) >= 11 is 0. The first-order chi connectivity index (χ1) is 17.1. The van der Waals surface area contributed by atoms with Crippen LogP contribution in [0.2, 0.25) is 0 Å². The first kappa shape index (κ1) is 25.3. The number of carbonyl (C=O) groups is 1. The third-order valence-corrected chi connectivity index (χ3v) is 10.6. The zero-order valence-corrected chi connectivity index (χ0v) is 22.1. The molecule has 3 fully saturated rings. The number of amides is 1. The van der Waals surface area contributed by atoms with Gasteiger partial charge in [0.15, 0.2) is 6.61 Å². The van der Waals surface area contributed by atoms with Gasteiger partial charge in [0.05, 0.1) is 11.3 Å². The van der Waals surface area contributed by atoms with E-state index in [0.717, 1.165) is 49.8 Å². The number of nitrogens with zero attached hydrogens (tertiary/aromatic N) is 1. The molecule has 196 valence electrons. The lowest BCUT2D eigenvalue weighted by Gasteiger charge is -2.59. The van der Waals surface area contributed by atoms with Crippen LogP contribution in [0.25, 0.3) is 0 Å². The molecule has 36 heavy (non-hydrogen) atoms. The SMILES string of the molecule is C[C@]12CC/C(=N/OCC(=O)NCCc3ccc(O)cc3)C=C1CC[C@@H]1[C@H]2CC[C@@]2(C)[C@H]1CC[C@]2(C)O. The molecular weight excluding hydrogens is 452 g/mol. The van der Waals surface area contributed by atoms with E-state index in [1.165, 1.54) is 18.4 Å². The molecular formula is C30H42N2O4. The van der Waals surface area contributed by atoms with E-state index in [1.54, 1.807) is 12.1 Å². The Morgan fingerprint density at radius 2 is 1.81 bits per heavy atom. The van der Waals surface area contributed by atoms with Crippen LogP contribution in [-0.2, 0) is 16.1 Å². The van der Waals surface area contributed by atoms with Gasteiger partial charge in [-0.05, 0) is 117 Å². The summed E-state index contributed by atoms with van der Waals surface area (Å²) < 4.78 is 0. The molecule has 1 aromatic rings. The third-order valence-electron chi connectivity index (χ3n) is 10.6. The minimum Gasteiger partial charge on any atom is -0.508 e. The van der Waals surface area contributed by atoms with Crippen molar-refractivity contribution in [3.63, 3.8) is 0 Å². The molecule has 1 amide bonds. The number of allylic oxidation sites excluding steroid dienone is 2. The van der Waals surface area contributed by atoms with Crippen LogP contribution >= 0.6 is 0 Å². The highest BCUT2D eigenvalue weighted by molar-refractivity contribution is 5.96. The molecule has 4 aliphatic rings. The van der Waals surface area contributed by atoms with E-state index in [-0.39, 0.29) is 29.1 Å². The minimum atomic E-state index is -0.527. The van der Waals surface area contributed by atoms with Crippen LogP contribution in [-0.4, -0.2) is 40.6 Å². The Bertz CT molecular complexity index is 1050. The zero-order valence-electron chi connectivity index (χ0n) is 22.1. The Kier molecular flexibility index (Phi) is 6.69. The normalized spacial score (nSPS) is 38.5.